The van der Waals surface area contributed by atoms with Crippen molar-refractivity contribution in [3.8, 4) is 5.75 Å². The van der Waals surface area contributed by atoms with Gasteiger partial charge >= 0.3 is 0 Å². The van der Waals surface area contributed by atoms with Crippen LogP contribution in [-0.2, 0) is 6.42 Å². The van der Waals surface area contributed by atoms with E-state index in [-0.39, 0.29) is 5.75 Å². The fourth-order valence-electron chi connectivity index (χ4n) is 2.74. The van der Waals surface area contributed by atoms with Gasteiger partial charge < -0.3 is 5.11 Å². The van der Waals surface area contributed by atoms with E-state index in [1.54, 1.807) is 12.3 Å². The predicted octanol–water partition coefficient (Wildman–Crippen LogP) is 5.17. The van der Waals surface area contributed by atoms with E-state index in [1.165, 1.54) is 5.56 Å². The van der Waals surface area contributed by atoms with Gasteiger partial charge in [0.1, 0.15) is 5.75 Å². The highest BCUT2D eigenvalue weighted by molar-refractivity contribution is 6.03. The summed E-state index contributed by atoms with van der Waals surface area (Å²) in [4.78, 5) is 4.67. The van der Waals surface area contributed by atoms with Gasteiger partial charge in [0.2, 0.25) is 0 Å². The fourth-order valence-corrected chi connectivity index (χ4v) is 2.74. The third-order valence-corrected chi connectivity index (χ3v) is 3.97. The smallest absolute Gasteiger partial charge is 0.124 e. The number of rotatable bonds is 3. The first-order chi connectivity index (χ1) is 10.7. The molecule has 3 aromatic rings. The molecule has 0 fully saturated rings. The van der Waals surface area contributed by atoms with Crippen molar-refractivity contribution in [3.05, 3.63) is 71.3 Å². The van der Waals surface area contributed by atoms with E-state index in [4.69, 9.17) is 0 Å². The predicted molar refractivity (Wildman–Crippen MR) is 93.4 cm³/mol. The van der Waals surface area contributed by atoms with Gasteiger partial charge in [-0.25, -0.2) is 0 Å². The molecule has 3 aromatic carbocycles. The van der Waals surface area contributed by atoms with Gasteiger partial charge in [0, 0.05) is 11.8 Å². The van der Waals surface area contributed by atoms with Crippen molar-refractivity contribution in [2.75, 3.05) is 0 Å². The van der Waals surface area contributed by atoms with Crippen LogP contribution in [0.4, 0.5) is 5.69 Å². The number of hydrogen-bond donors (Lipinski definition) is 1. The Morgan fingerprint density at radius 2 is 1.82 bits per heavy atom. The maximum Gasteiger partial charge on any atom is 0.124 e. The number of hydrogen-bond acceptors (Lipinski definition) is 2. The quantitative estimate of drug-likeness (QED) is 0.663. The van der Waals surface area contributed by atoms with Crippen LogP contribution in [0.5, 0.6) is 5.75 Å². The van der Waals surface area contributed by atoms with Crippen molar-refractivity contribution in [3.63, 3.8) is 0 Å². The van der Waals surface area contributed by atoms with Gasteiger partial charge in [0.25, 0.3) is 0 Å². The monoisotopic (exact) mass is 289 g/mol. The molecule has 0 unspecified atom stereocenters. The molecule has 0 heterocycles. The minimum Gasteiger partial charge on any atom is -0.507 e. The molecular weight excluding hydrogens is 270 g/mol. The molecule has 0 atom stereocenters. The van der Waals surface area contributed by atoms with Gasteiger partial charge in [-0.3, -0.25) is 4.99 Å². The van der Waals surface area contributed by atoms with Gasteiger partial charge in [-0.2, -0.15) is 0 Å². The lowest BCUT2D eigenvalue weighted by atomic mass is 10.0. The number of benzene rings is 3. The average Bonchev–Trinajstić information content (AvgIpc) is 2.55. The molecule has 2 heteroatoms. The third-order valence-electron chi connectivity index (χ3n) is 3.97. The lowest BCUT2D eigenvalue weighted by Crippen LogP contribution is -1.89. The molecule has 0 aliphatic rings. The van der Waals surface area contributed by atoms with Crippen molar-refractivity contribution < 1.29 is 5.11 Å². The molecular formula is C20H19NO. The van der Waals surface area contributed by atoms with Gasteiger partial charge in [-0.1, -0.05) is 55.5 Å². The normalized spacial score (nSPS) is 11.4. The maximum atomic E-state index is 10.2. The van der Waals surface area contributed by atoms with Gasteiger partial charge in [-0.15, -0.1) is 0 Å². The van der Waals surface area contributed by atoms with Crippen molar-refractivity contribution in [2.24, 2.45) is 4.99 Å². The van der Waals surface area contributed by atoms with Crippen LogP contribution in [0, 0.1) is 6.92 Å². The van der Waals surface area contributed by atoms with Crippen LogP contribution in [0.3, 0.4) is 0 Å². The Bertz CT molecular complexity index is 849. The second-order valence-electron chi connectivity index (χ2n) is 5.41. The zero-order chi connectivity index (χ0) is 15.5. The molecule has 0 bridgehead atoms. The molecule has 1 N–H and O–H groups in total. The Balaban J connectivity index is 2.13. The van der Waals surface area contributed by atoms with Crippen molar-refractivity contribution >= 4 is 22.7 Å². The van der Waals surface area contributed by atoms with E-state index < -0.39 is 0 Å². The molecule has 22 heavy (non-hydrogen) atoms. The first-order valence-corrected chi connectivity index (χ1v) is 7.54. The number of nitrogens with zero attached hydrogens (tertiary/aromatic N) is 1. The topological polar surface area (TPSA) is 32.6 Å². The summed E-state index contributed by atoms with van der Waals surface area (Å²) in [5, 5.41) is 12.3. The van der Waals surface area contributed by atoms with E-state index in [0.717, 1.165) is 34.0 Å². The second-order valence-corrected chi connectivity index (χ2v) is 5.41. The number of para-hydroxylation sites is 1. The average molecular weight is 289 g/mol. The zero-order valence-corrected chi connectivity index (χ0v) is 12.9. The molecule has 2 nitrogen and oxygen atoms in total. The van der Waals surface area contributed by atoms with Crippen LogP contribution < -0.4 is 0 Å². The summed E-state index contributed by atoms with van der Waals surface area (Å²) in [5.74, 6) is 0.258. The largest absolute Gasteiger partial charge is 0.507 e. The molecule has 3 rings (SSSR count). The summed E-state index contributed by atoms with van der Waals surface area (Å²) in [6.07, 6.45) is 2.72. The van der Waals surface area contributed by atoms with Crippen LogP contribution in [-0.4, -0.2) is 11.3 Å². The highest BCUT2D eigenvalue weighted by atomic mass is 16.3. The maximum absolute atomic E-state index is 10.2. The summed E-state index contributed by atoms with van der Waals surface area (Å²) in [6.45, 7) is 4.19. The van der Waals surface area contributed by atoms with Crippen molar-refractivity contribution in [2.45, 2.75) is 20.3 Å². The van der Waals surface area contributed by atoms with Crippen molar-refractivity contribution in [1.29, 1.82) is 0 Å². The lowest BCUT2D eigenvalue weighted by molar-refractivity contribution is 0.475. The van der Waals surface area contributed by atoms with Gasteiger partial charge in [0.15, 0.2) is 0 Å². The van der Waals surface area contributed by atoms with E-state index >= 15 is 0 Å². The van der Waals surface area contributed by atoms with E-state index in [0.29, 0.717) is 0 Å². The number of phenols is 1. The van der Waals surface area contributed by atoms with Crippen LogP contribution in [0.2, 0.25) is 0 Å². The Hall–Kier alpha value is -2.61. The molecule has 0 radical (unpaired) electrons. The summed E-state index contributed by atoms with van der Waals surface area (Å²) < 4.78 is 0. The number of fused-ring (bicyclic) bond motifs is 1. The summed E-state index contributed by atoms with van der Waals surface area (Å²) in [7, 11) is 0. The zero-order valence-electron chi connectivity index (χ0n) is 12.9. The third kappa shape index (κ3) is 2.60. The molecule has 0 spiro atoms. The number of aliphatic imine (C=N–C) groups is 1. The number of aromatic hydroxyl groups is 1. The van der Waals surface area contributed by atoms with Crippen LogP contribution >= 0.6 is 0 Å². The molecule has 0 amide bonds. The molecule has 0 aliphatic heterocycles. The van der Waals surface area contributed by atoms with Crippen LogP contribution in [0.25, 0.3) is 10.8 Å². The number of phenolic OH excluding ortho intramolecular Hbond substituents is 1. The Morgan fingerprint density at radius 3 is 2.64 bits per heavy atom. The highest BCUT2D eigenvalue weighted by Crippen LogP contribution is 2.28. The standard InChI is InChI=1S/C20H19NO/c1-3-15-9-6-7-14(2)20(15)21-13-18-17-10-5-4-8-16(17)11-12-19(18)22/h4-13,22H,3H2,1-2H3. The number of aryl methyl sites for hydroxylation is 2. The van der Waals surface area contributed by atoms with E-state index in [1.807, 2.05) is 30.3 Å². The minimum atomic E-state index is 0.258. The van der Waals surface area contributed by atoms with Crippen LogP contribution in [0.1, 0.15) is 23.6 Å². The van der Waals surface area contributed by atoms with E-state index in [9.17, 15) is 5.11 Å². The SMILES string of the molecule is CCc1cccc(C)c1N=Cc1c(O)ccc2ccccc12. The summed E-state index contributed by atoms with van der Waals surface area (Å²) in [5.41, 5.74) is 4.13. The van der Waals surface area contributed by atoms with Gasteiger partial charge in [-0.05, 0) is 41.3 Å². The highest BCUT2D eigenvalue weighted by Gasteiger charge is 2.06. The van der Waals surface area contributed by atoms with Gasteiger partial charge in [0.05, 0.1) is 5.69 Å². The molecule has 0 saturated heterocycles. The first kappa shape index (κ1) is 14.3. The Kier molecular flexibility index (Phi) is 3.92. The molecule has 0 aromatic heterocycles. The Labute approximate surface area is 130 Å². The Morgan fingerprint density at radius 1 is 1.00 bits per heavy atom. The minimum absolute atomic E-state index is 0.258. The fraction of sp³-hybridized carbons (Fsp3) is 0.150. The second kappa shape index (κ2) is 6.02. The van der Waals surface area contributed by atoms with E-state index in [2.05, 4.69) is 37.0 Å². The molecule has 0 saturated carbocycles. The summed E-state index contributed by atoms with van der Waals surface area (Å²) in [6, 6.07) is 17.9. The first-order valence-electron chi connectivity index (χ1n) is 7.54. The van der Waals surface area contributed by atoms with Crippen LogP contribution in [0.15, 0.2) is 59.6 Å². The van der Waals surface area contributed by atoms with Crippen molar-refractivity contribution in [1.82, 2.24) is 0 Å². The summed E-state index contributed by atoms with van der Waals surface area (Å²) >= 11 is 0. The lowest BCUT2D eigenvalue weighted by Gasteiger charge is -2.08. The molecule has 0 aliphatic carbocycles. The molecule has 110 valence electrons.